The van der Waals surface area contributed by atoms with Gasteiger partial charge in [-0.25, -0.2) is 15.6 Å². The number of carboxylic acid groups (broad SMARTS) is 3. The Morgan fingerprint density at radius 2 is 1.50 bits per heavy atom. The number of carbonyl (C=O) groups is 6. The molecule has 2 aliphatic heterocycles. The summed E-state index contributed by atoms with van der Waals surface area (Å²) in [5, 5.41) is 38.7. The Hall–Kier alpha value is -3.18. The summed E-state index contributed by atoms with van der Waals surface area (Å²) in [6.07, 6.45) is -3.60. The van der Waals surface area contributed by atoms with Gasteiger partial charge < -0.3 is 25.3 Å². The fourth-order valence-electron chi connectivity index (χ4n) is 4.67. The highest BCUT2D eigenvalue weighted by atomic mass is 16.7. The average Bonchev–Trinajstić information content (AvgIpc) is 2.98. The van der Waals surface area contributed by atoms with Crippen molar-refractivity contribution in [2.45, 2.75) is 75.9 Å². The normalized spacial score (nSPS) is 25.5. The maximum absolute atomic E-state index is 13.0. The number of hydrogen-bond acceptors (Lipinski definition) is 12. The molecule has 2 fully saturated rings. The van der Waals surface area contributed by atoms with Gasteiger partial charge in [-0.2, -0.15) is 11.1 Å². The number of carbonyl (C=O) groups excluding carboxylic acids is 3. The van der Waals surface area contributed by atoms with Crippen molar-refractivity contribution in [1.82, 2.24) is 27.0 Å². The molecule has 0 bridgehead atoms. The molecule has 8 N–H and O–H groups in total. The van der Waals surface area contributed by atoms with Gasteiger partial charge in [-0.15, -0.1) is 0 Å². The van der Waals surface area contributed by atoms with E-state index in [-0.39, 0.29) is 11.5 Å². The van der Waals surface area contributed by atoms with Gasteiger partial charge in [-0.05, 0) is 12.8 Å². The number of amides is 2. The van der Waals surface area contributed by atoms with Crippen LogP contribution >= 0.6 is 0 Å². The van der Waals surface area contributed by atoms with Crippen molar-refractivity contribution in [3.8, 4) is 0 Å². The van der Waals surface area contributed by atoms with Gasteiger partial charge in [-0.3, -0.25) is 24.0 Å². The number of hydroxylamine groups is 2. The van der Waals surface area contributed by atoms with E-state index < -0.39 is 84.9 Å². The van der Waals surface area contributed by atoms with Crippen molar-refractivity contribution < 1.29 is 54.0 Å². The third-order valence-corrected chi connectivity index (χ3v) is 6.33. The number of hydrazine groups is 3. The SMILES string of the molecule is O=C(O)CC1(CC(=O)ON2C(=O)CC(O)C2=O)CCCCCCNNNNC1(CC(=O)O)CC(=O)O. The van der Waals surface area contributed by atoms with Gasteiger partial charge in [0.25, 0.3) is 11.8 Å². The van der Waals surface area contributed by atoms with Gasteiger partial charge in [0.15, 0.2) is 0 Å². The van der Waals surface area contributed by atoms with Gasteiger partial charge in [0.05, 0.1) is 37.6 Å². The van der Waals surface area contributed by atoms with Gasteiger partial charge in [0.2, 0.25) is 0 Å². The molecule has 2 heterocycles. The van der Waals surface area contributed by atoms with E-state index in [4.69, 9.17) is 4.84 Å². The van der Waals surface area contributed by atoms with Gasteiger partial charge in [0.1, 0.15) is 6.10 Å². The Labute approximate surface area is 205 Å². The summed E-state index contributed by atoms with van der Waals surface area (Å²) in [7, 11) is 0. The molecule has 202 valence electrons. The zero-order valence-corrected chi connectivity index (χ0v) is 19.4. The first-order valence-electron chi connectivity index (χ1n) is 11.3. The van der Waals surface area contributed by atoms with Gasteiger partial charge >= 0.3 is 23.9 Å². The second-order valence-corrected chi connectivity index (χ2v) is 8.93. The van der Waals surface area contributed by atoms with Crippen LogP contribution < -0.4 is 21.9 Å². The third kappa shape index (κ3) is 7.41. The molecule has 0 aliphatic carbocycles. The fraction of sp³-hybridized carbons (Fsp3) is 0.700. The molecule has 0 saturated carbocycles. The number of aliphatic hydroxyl groups excluding tert-OH is 1. The van der Waals surface area contributed by atoms with E-state index >= 15 is 0 Å². The molecular weight excluding hydrogens is 486 g/mol. The maximum Gasteiger partial charge on any atom is 0.333 e. The van der Waals surface area contributed by atoms with Crippen LogP contribution in [-0.4, -0.2) is 79.4 Å². The zero-order chi connectivity index (χ0) is 26.9. The molecule has 16 nitrogen and oxygen atoms in total. The van der Waals surface area contributed by atoms with E-state index in [1.807, 2.05) is 0 Å². The number of rotatable bonds is 9. The first-order chi connectivity index (χ1) is 16.9. The summed E-state index contributed by atoms with van der Waals surface area (Å²) in [4.78, 5) is 77.5. The third-order valence-electron chi connectivity index (χ3n) is 6.33. The first kappa shape index (κ1) is 29.1. The lowest BCUT2D eigenvalue weighted by Crippen LogP contribution is -2.68. The van der Waals surface area contributed by atoms with Crippen molar-refractivity contribution >= 4 is 35.7 Å². The zero-order valence-electron chi connectivity index (χ0n) is 19.4. The lowest BCUT2D eigenvalue weighted by molar-refractivity contribution is -0.202. The van der Waals surface area contributed by atoms with Crippen LogP contribution in [0.25, 0.3) is 0 Å². The van der Waals surface area contributed by atoms with Crippen molar-refractivity contribution in [3.63, 3.8) is 0 Å². The van der Waals surface area contributed by atoms with Crippen LogP contribution in [0.1, 0.15) is 64.2 Å². The number of aliphatic carboxylic acids is 3. The second kappa shape index (κ2) is 12.7. The maximum atomic E-state index is 13.0. The molecule has 2 saturated heterocycles. The van der Waals surface area contributed by atoms with E-state index in [1.165, 1.54) is 0 Å². The highest BCUT2D eigenvalue weighted by Gasteiger charge is 2.56. The highest BCUT2D eigenvalue weighted by Crippen LogP contribution is 2.48. The minimum Gasteiger partial charge on any atom is -0.481 e. The van der Waals surface area contributed by atoms with E-state index in [1.54, 1.807) is 0 Å². The molecule has 2 unspecified atom stereocenters. The summed E-state index contributed by atoms with van der Waals surface area (Å²) < 4.78 is 0. The molecule has 0 aromatic heterocycles. The summed E-state index contributed by atoms with van der Waals surface area (Å²) in [6.45, 7) is 0.524. The molecule has 2 amide bonds. The molecule has 16 heteroatoms. The van der Waals surface area contributed by atoms with Crippen LogP contribution in [0.3, 0.4) is 0 Å². The van der Waals surface area contributed by atoms with Crippen molar-refractivity contribution in [3.05, 3.63) is 0 Å². The Kier molecular flexibility index (Phi) is 10.2. The number of carboxylic acids is 3. The van der Waals surface area contributed by atoms with Crippen LogP contribution in [0.4, 0.5) is 0 Å². The molecule has 2 rings (SSSR count). The monoisotopic (exact) mass is 517 g/mol. The topological polar surface area (TPSA) is 244 Å². The fourth-order valence-corrected chi connectivity index (χ4v) is 4.67. The van der Waals surface area contributed by atoms with Crippen LogP contribution in [0.5, 0.6) is 0 Å². The van der Waals surface area contributed by atoms with Crippen LogP contribution in [0.2, 0.25) is 0 Å². The summed E-state index contributed by atoms with van der Waals surface area (Å²) in [5.41, 5.74) is 6.45. The quantitative estimate of drug-likeness (QED) is 0.157. The summed E-state index contributed by atoms with van der Waals surface area (Å²) >= 11 is 0. The molecule has 0 aromatic rings. The molecule has 2 atom stereocenters. The van der Waals surface area contributed by atoms with E-state index in [0.717, 1.165) is 6.42 Å². The molecule has 0 aromatic carbocycles. The lowest BCUT2D eigenvalue weighted by Gasteiger charge is -2.49. The van der Waals surface area contributed by atoms with Crippen molar-refractivity contribution in [1.29, 1.82) is 0 Å². The number of aliphatic hydroxyl groups is 1. The predicted molar refractivity (Wildman–Crippen MR) is 116 cm³/mol. The van der Waals surface area contributed by atoms with Crippen molar-refractivity contribution in [2.24, 2.45) is 5.41 Å². The smallest absolute Gasteiger partial charge is 0.333 e. The van der Waals surface area contributed by atoms with Crippen LogP contribution in [0, 0.1) is 5.41 Å². The van der Waals surface area contributed by atoms with Gasteiger partial charge in [-0.1, -0.05) is 24.3 Å². The largest absolute Gasteiger partial charge is 0.481 e. The molecule has 2 aliphatic rings. The summed E-state index contributed by atoms with van der Waals surface area (Å²) in [5.74, 6) is -7.83. The van der Waals surface area contributed by atoms with Crippen LogP contribution in [-0.2, 0) is 33.6 Å². The predicted octanol–water partition coefficient (Wildman–Crippen LogP) is -1.83. The molecular formula is C20H31N5O11. The van der Waals surface area contributed by atoms with Gasteiger partial charge in [0, 0.05) is 12.0 Å². The number of hydrogen-bond donors (Lipinski definition) is 8. The van der Waals surface area contributed by atoms with E-state index in [0.29, 0.717) is 25.8 Å². The number of nitrogens with one attached hydrogen (secondary N) is 4. The minimum atomic E-state index is -2.06. The molecule has 0 radical (unpaired) electrons. The Morgan fingerprint density at radius 3 is 2.06 bits per heavy atom. The summed E-state index contributed by atoms with van der Waals surface area (Å²) in [6, 6.07) is 0. The Morgan fingerprint density at radius 1 is 0.889 bits per heavy atom. The Balaban J connectivity index is 2.55. The van der Waals surface area contributed by atoms with E-state index in [2.05, 4.69) is 21.9 Å². The Bertz CT molecular complexity index is 866. The van der Waals surface area contributed by atoms with E-state index in [9.17, 15) is 49.2 Å². The highest BCUT2D eigenvalue weighted by molar-refractivity contribution is 6.04. The van der Waals surface area contributed by atoms with Crippen LogP contribution in [0.15, 0.2) is 0 Å². The second-order valence-electron chi connectivity index (χ2n) is 8.93. The first-order valence-corrected chi connectivity index (χ1v) is 11.3. The number of imide groups is 1. The lowest BCUT2D eigenvalue weighted by atomic mass is 9.60. The van der Waals surface area contributed by atoms with Crippen molar-refractivity contribution in [2.75, 3.05) is 6.54 Å². The molecule has 0 spiro atoms. The number of nitrogens with zero attached hydrogens (tertiary/aromatic N) is 1. The average molecular weight is 517 g/mol. The standard InChI is InChI=1S/C20H31N5O11/c26-12-7-13(27)25(18(12)35)36-17(34)11-19(8-14(28)29)5-3-1-2-4-6-21-23-24-22-20(19,9-15(30)31)10-16(32)33/h12,21-24,26H,1-11H2,(H,28,29)(H,30,31)(H,32,33). The minimum absolute atomic E-state index is 0.0735. The molecule has 36 heavy (non-hydrogen) atoms.